The Morgan fingerprint density at radius 2 is 1.70 bits per heavy atom. The molecule has 0 aliphatic carbocycles. The van der Waals surface area contributed by atoms with E-state index in [0.717, 1.165) is 29.6 Å². The van der Waals surface area contributed by atoms with Gasteiger partial charge in [-0.2, -0.15) is 0 Å². The second-order valence-electron chi connectivity index (χ2n) is 11.2. The van der Waals surface area contributed by atoms with Crippen molar-refractivity contribution in [2.75, 3.05) is 19.0 Å². The molecule has 0 saturated heterocycles. The third-order valence-corrected chi connectivity index (χ3v) is 10.5. The number of anilines is 1. The molecular weight excluding hydrogens is 880 g/mol. The maximum Gasteiger partial charge on any atom is 0.338 e. The maximum atomic E-state index is 14.2. The van der Waals surface area contributed by atoms with Gasteiger partial charge in [-0.1, -0.05) is 53.8 Å². The van der Waals surface area contributed by atoms with Crippen LogP contribution in [0, 0.1) is 7.14 Å². The molecular formula is C38H31I2N3O6S. The van der Waals surface area contributed by atoms with Gasteiger partial charge < -0.3 is 19.5 Å². The van der Waals surface area contributed by atoms with Crippen LogP contribution in [0.5, 0.6) is 11.5 Å². The minimum absolute atomic E-state index is 0.254. The lowest BCUT2D eigenvalue weighted by Gasteiger charge is -2.25. The fourth-order valence-corrected chi connectivity index (χ4v) is 8.69. The zero-order valence-corrected chi connectivity index (χ0v) is 32.4. The highest BCUT2D eigenvalue weighted by molar-refractivity contribution is 14.1. The van der Waals surface area contributed by atoms with E-state index in [1.807, 2.05) is 84.9 Å². The second-order valence-corrected chi connectivity index (χ2v) is 14.5. The Morgan fingerprint density at radius 3 is 2.38 bits per heavy atom. The van der Waals surface area contributed by atoms with Crippen LogP contribution in [0.4, 0.5) is 5.69 Å². The second kappa shape index (κ2) is 15.7. The smallest absolute Gasteiger partial charge is 0.338 e. The zero-order valence-electron chi connectivity index (χ0n) is 27.2. The van der Waals surface area contributed by atoms with Gasteiger partial charge in [-0.15, -0.1) is 0 Å². The normalized spacial score (nSPS) is 14.1. The van der Waals surface area contributed by atoms with Crippen molar-refractivity contribution in [3.05, 3.63) is 151 Å². The average Bonchev–Trinajstić information content (AvgIpc) is 3.41. The number of nitrogens with one attached hydrogen (secondary N) is 1. The van der Waals surface area contributed by atoms with Crippen LogP contribution in [0.2, 0.25) is 0 Å². The van der Waals surface area contributed by atoms with Gasteiger partial charge in [-0.05, 0) is 130 Å². The number of halogens is 2. The first kappa shape index (κ1) is 35.5. The van der Waals surface area contributed by atoms with Gasteiger partial charge >= 0.3 is 5.97 Å². The number of methoxy groups -OCH3 is 1. The lowest BCUT2D eigenvalue weighted by atomic mass is 9.95. The van der Waals surface area contributed by atoms with Gasteiger partial charge in [0.15, 0.2) is 4.80 Å². The van der Waals surface area contributed by atoms with Gasteiger partial charge in [0.05, 0.1) is 48.3 Å². The molecule has 0 unspecified atom stereocenters. The summed E-state index contributed by atoms with van der Waals surface area (Å²) in [6, 6.07) is 26.9. The number of para-hydroxylation sites is 1. The van der Waals surface area contributed by atoms with Crippen molar-refractivity contribution in [2.45, 2.75) is 26.5 Å². The van der Waals surface area contributed by atoms with Crippen LogP contribution in [0.25, 0.3) is 6.08 Å². The molecule has 0 bridgehead atoms. The Labute approximate surface area is 319 Å². The summed E-state index contributed by atoms with van der Waals surface area (Å²) in [6.45, 7) is 4.21. The Kier molecular flexibility index (Phi) is 11.2. The van der Waals surface area contributed by atoms with Crippen molar-refractivity contribution >= 4 is 80.2 Å². The predicted octanol–water partition coefficient (Wildman–Crippen LogP) is 6.85. The van der Waals surface area contributed by atoms with E-state index >= 15 is 0 Å². The number of benzene rings is 4. The number of carbonyl (C=O) groups is 2. The summed E-state index contributed by atoms with van der Waals surface area (Å²) in [6.07, 6.45) is 1.84. The van der Waals surface area contributed by atoms with Crippen LogP contribution in [0.3, 0.4) is 0 Å². The number of esters is 1. The molecule has 1 aromatic heterocycles. The number of rotatable bonds is 10. The van der Waals surface area contributed by atoms with Crippen molar-refractivity contribution in [2.24, 2.45) is 4.99 Å². The molecule has 0 saturated carbocycles. The first-order chi connectivity index (χ1) is 24.2. The number of carbonyl (C=O) groups excluding carboxylic acids is 2. The highest BCUT2D eigenvalue weighted by Crippen LogP contribution is 2.33. The molecule has 6 rings (SSSR count). The Hall–Kier alpha value is -4.28. The number of hydrogen-bond acceptors (Lipinski definition) is 8. The van der Waals surface area contributed by atoms with E-state index in [9.17, 15) is 14.4 Å². The van der Waals surface area contributed by atoms with E-state index in [4.69, 9.17) is 19.2 Å². The van der Waals surface area contributed by atoms with Crippen molar-refractivity contribution in [1.82, 2.24) is 4.57 Å². The number of allylic oxidation sites excluding steroid dienone is 1. The van der Waals surface area contributed by atoms with Crippen molar-refractivity contribution in [3.8, 4) is 11.5 Å². The molecule has 12 heteroatoms. The summed E-state index contributed by atoms with van der Waals surface area (Å²) in [5.74, 6) is 0.644. The Bertz CT molecular complexity index is 2280. The maximum absolute atomic E-state index is 14.2. The first-order valence-corrected chi connectivity index (χ1v) is 18.5. The van der Waals surface area contributed by atoms with E-state index in [0.29, 0.717) is 50.8 Å². The van der Waals surface area contributed by atoms with Gasteiger partial charge in [0.2, 0.25) is 0 Å². The van der Waals surface area contributed by atoms with Gasteiger partial charge in [0.25, 0.3) is 11.5 Å². The summed E-state index contributed by atoms with van der Waals surface area (Å²) in [5, 5.41) is 2.98. The van der Waals surface area contributed by atoms with Crippen molar-refractivity contribution in [1.29, 1.82) is 0 Å². The molecule has 4 aromatic carbocycles. The summed E-state index contributed by atoms with van der Waals surface area (Å²) < 4.78 is 20.6. The number of thiazole rings is 1. The fourth-order valence-electron chi connectivity index (χ4n) is 5.52. The van der Waals surface area contributed by atoms with E-state index in [2.05, 4.69) is 50.5 Å². The van der Waals surface area contributed by atoms with Crippen molar-refractivity contribution in [3.63, 3.8) is 0 Å². The number of aromatic nitrogens is 1. The van der Waals surface area contributed by atoms with E-state index < -0.39 is 6.04 Å². The molecule has 0 radical (unpaired) electrons. The topological polar surface area (TPSA) is 108 Å². The average molecular weight is 912 g/mol. The molecule has 1 aliphatic rings. The zero-order chi connectivity index (χ0) is 35.4. The predicted molar refractivity (Wildman–Crippen MR) is 210 cm³/mol. The first-order valence-electron chi connectivity index (χ1n) is 15.6. The molecule has 1 aliphatic heterocycles. The third kappa shape index (κ3) is 7.71. The summed E-state index contributed by atoms with van der Waals surface area (Å²) in [7, 11) is 1.58. The molecule has 1 atom stereocenters. The van der Waals surface area contributed by atoms with Crippen molar-refractivity contribution < 1.29 is 23.8 Å². The largest absolute Gasteiger partial charge is 0.497 e. The highest BCUT2D eigenvalue weighted by Gasteiger charge is 2.33. The molecule has 0 spiro atoms. The summed E-state index contributed by atoms with van der Waals surface area (Å²) >= 11 is 5.74. The molecule has 0 fully saturated rings. The monoisotopic (exact) mass is 911 g/mol. The molecule has 5 aromatic rings. The Morgan fingerprint density at radius 1 is 0.980 bits per heavy atom. The molecule has 2 heterocycles. The minimum atomic E-state index is -0.727. The molecule has 1 amide bonds. The summed E-state index contributed by atoms with van der Waals surface area (Å²) in [5.41, 5.74) is 4.25. The minimum Gasteiger partial charge on any atom is -0.497 e. The van der Waals surface area contributed by atoms with Gasteiger partial charge in [-0.3, -0.25) is 14.2 Å². The van der Waals surface area contributed by atoms with E-state index in [1.54, 1.807) is 37.7 Å². The van der Waals surface area contributed by atoms with Crippen LogP contribution >= 0.6 is 56.5 Å². The fraction of sp³-hybridized carbons (Fsp3) is 0.158. The van der Waals surface area contributed by atoms with Crippen LogP contribution in [0.1, 0.15) is 46.9 Å². The number of hydrogen-bond donors (Lipinski definition) is 1. The SMILES string of the molecule is CCOC(=O)c1ccc(COc2c(I)cc(/C=c3\sc4n(c3=O)[C@H](c3cccc(OC)c3)C(C(=O)Nc3ccccc3)=C(C)N=4)cc2I)cc1. The highest BCUT2D eigenvalue weighted by atomic mass is 127. The van der Waals surface area contributed by atoms with Crippen LogP contribution in [-0.2, 0) is 16.1 Å². The lowest BCUT2D eigenvalue weighted by Crippen LogP contribution is -2.40. The van der Waals surface area contributed by atoms with Crippen LogP contribution in [-0.4, -0.2) is 30.2 Å². The molecule has 9 nitrogen and oxygen atoms in total. The number of fused-ring (bicyclic) bond motifs is 1. The molecule has 50 heavy (non-hydrogen) atoms. The Balaban J connectivity index is 1.33. The molecule has 1 N–H and O–H groups in total. The van der Waals surface area contributed by atoms with Crippen LogP contribution < -0.4 is 29.7 Å². The van der Waals surface area contributed by atoms with E-state index in [-0.39, 0.29) is 17.4 Å². The van der Waals surface area contributed by atoms with Gasteiger partial charge in [0.1, 0.15) is 18.1 Å². The number of amides is 1. The third-order valence-electron chi connectivity index (χ3n) is 7.87. The van der Waals surface area contributed by atoms with Crippen LogP contribution in [0.15, 0.2) is 112 Å². The standard InChI is InChI=1S/C38H31I2N3O6S/c1-4-48-37(46)25-15-13-23(14-16-25)21-49-34-29(39)17-24(18-30(34)40)19-31-36(45)43-33(26-9-8-12-28(20-26)47-3)32(22(2)41-38(43)50-31)35(44)42-27-10-6-5-7-11-27/h5-20,33H,4,21H2,1-3H3,(H,42,44)/b31-19-/t33-/m1/s1. The lowest BCUT2D eigenvalue weighted by molar-refractivity contribution is -0.113. The number of nitrogens with zero attached hydrogens (tertiary/aromatic N) is 2. The quantitative estimate of drug-likeness (QED) is 0.122. The van der Waals surface area contributed by atoms with E-state index in [1.165, 1.54) is 11.3 Å². The number of ether oxygens (including phenoxy) is 3. The van der Waals surface area contributed by atoms with Gasteiger partial charge in [-0.25, -0.2) is 9.79 Å². The van der Waals surface area contributed by atoms with Gasteiger partial charge in [0, 0.05) is 5.69 Å². The summed E-state index contributed by atoms with van der Waals surface area (Å²) in [4.78, 5) is 45.3. The molecule has 254 valence electrons.